The molecule has 3 heterocycles. The zero-order chi connectivity index (χ0) is 23.4. The third-order valence-electron chi connectivity index (χ3n) is 6.17. The van der Waals surface area contributed by atoms with Crippen LogP contribution in [0.25, 0.3) is 11.0 Å². The van der Waals surface area contributed by atoms with Crippen molar-refractivity contribution in [3.05, 3.63) is 36.2 Å². The van der Waals surface area contributed by atoms with E-state index in [9.17, 15) is 4.39 Å². The van der Waals surface area contributed by atoms with Crippen molar-refractivity contribution in [2.75, 3.05) is 51.2 Å². The average Bonchev–Trinajstić information content (AvgIpc) is 3.20. The minimum Gasteiger partial charge on any atom is -0.494 e. The highest BCUT2D eigenvalue weighted by molar-refractivity contribution is 5.81. The third kappa shape index (κ3) is 5.04. The van der Waals surface area contributed by atoms with Crippen molar-refractivity contribution in [3.63, 3.8) is 0 Å². The second kappa shape index (κ2) is 10.4. The summed E-state index contributed by atoms with van der Waals surface area (Å²) in [6.45, 7) is 6.65. The molecular weight excluding hydrogens is 423 g/mol. The fourth-order valence-corrected chi connectivity index (χ4v) is 4.16. The van der Waals surface area contributed by atoms with Gasteiger partial charge < -0.3 is 24.7 Å². The Kier molecular flexibility index (Phi) is 7.29. The van der Waals surface area contributed by atoms with Crippen molar-refractivity contribution in [2.24, 2.45) is 0 Å². The van der Waals surface area contributed by atoms with Crippen molar-refractivity contribution >= 4 is 28.4 Å². The number of benzene rings is 1. The molecule has 8 nitrogen and oxygen atoms in total. The Bertz CT molecular complexity index is 1080. The van der Waals surface area contributed by atoms with E-state index in [4.69, 9.17) is 19.4 Å². The van der Waals surface area contributed by atoms with Crippen LogP contribution in [0.1, 0.15) is 31.9 Å². The number of hydrogen-bond acceptors (Lipinski definition) is 7. The Hall–Kier alpha value is -2.91. The smallest absolute Gasteiger partial charge is 0.229 e. The van der Waals surface area contributed by atoms with Crippen LogP contribution >= 0.6 is 0 Å². The third-order valence-corrected chi connectivity index (χ3v) is 6.17. The Morgan fingerprint density at radius 3 is 2.73 bits per heavy atom. The van der Waals surface area contributed by atoms with E-state index in [1.807, 2.05) is 29.0 Å². The second-order valence-corrected chi connectivity index (χ2v) is 8.51. The molecule has 0 saturated carbocycles. The zero-order valence-electron chi connectivity index (χ0n) is 19.8. The quantitative estimate of drug-likeness (QED) is 0.444. The molecular formula is C24H33FN6O2. The molecule has 1 aromatic carbocycles. The first-order valence-corrected chi connectivity index (χ1v) is 11.4. The molecule has 2 aromatic heterocycles. The molecule has 0 aliphatic carbocycles. The van der Waals surface area contributed by atoms with E-state index in [1.54, 1.807) is 14.2 Å². The molecule has 1 atom stereocenters. The standard InChI is InChI=1S/C24H33FN6O2/c1-5-16(2)22-19-8-10-31(15-32-3)23(19)29-24(28-22)27-20-7-6-17(12-21(20)33-4)26-18-13-30(14-18)11-9-25/h6-8,10,12,16,18,26H,5,9,11,13-15H2,1-4H3,(H,27,28,29). The highest BCUT2D eigenvalue weighted by atomic mass is 19.1. The van der Waals surface area contributed by atoms with Crippen molar-refractivity contribution in [2.45, 2.75) is 39.0 Å². The minimum absolute atomic E-state index is 0.294. The molecule has 178 valence electrons. The normalized spacial score (nSPS) is 15.4. The number of rotatable bonds is 11. The van der Waals surface area contributed by atoms with E-state index < -0.39 is 0 Å². The van der Waals surface area contributed by atoms with Gasteiger partial charge in [0.15, 0.2) is 0 Å². The Balaban J connectivity index is 1.57. The fourth-order valence-electron chi connectivity index (χ4n) is 4.16. The first-order valence-electron chi connectivity index (χ1n) is 11.4. The van der Waals surface area contributed by atoms with Crippen molar-refractivity contribution in [1.29, 1.82) is 0 Å². The molecule has 0 bridgehead atoms. The van der Waals surface area contributed by atoms with E-state index in [0.29, 0.717) is 36.9 Å². The predicted octanol–water partition coefficient (Wildman–Crippen LogP) is 4.37. The lowest BCUT2D eigenvalue weighted by atomic mass is 10.0. The maximum absolute atomic E-state index is 12.5. The summed E-state index contributed by atoms with van der Waals surface area (Å²) < 4.78 is 25.4. The summed E-state index contributed by atoms with van der Waals surface area (Å²) in [7, 11) is 3.32. The van der Waals surface area contributed by atoms with Gasteiger partial charge in [0.25, 0.3) is 0 Å². The van der Waals surface area contributed by atoms with Gasteiger partial charge in [-0.3, -0.25) is 4.90 Å². The maximum atomic E-state index is 12.5. The molecule has 1 aliphatic heterocycles. The number of nitrogens with zero attached hydrogens (tertiary/aromatic N) is 4. The van der Waals surface area contributed by atoms with Gasteiger partial charge in [0.2, 0.25) is 5.95 Å². The number of aromatic nitrogens is 3. The summed E-state index contributed by atoms with van der Waals surface area (Å²) in [6.07, 6.45) is 2.96. The molecule has 4 rings (SSSR count). The molecule has 2 N–H and O–H groups in total. The maximum Gasteiger partial charge on any atom is 0.229 e. The number of methoxy groups -OCH3 is 2. The number of likely N-dealkylation sites (tertiary alicyclic amines) is 1. The summed E-state index contributed by atoms with van der Waals surface area (Å²) in [5, 5.41) is 7.88. The minimum atomic E-state index is -0.302. The fraction of sp³-hybridized carbons (Fsp3) is 0.500. The molecule has 33 heavy (non-hydrogen) atoms. The van der Waals surface area contributed by atoms with E-state index in [1.165, 1.54) is 0 Å². The van der Waals surface area contributed by atoms with Crippen molar-refractivity contribution in [3.8, 4) is 5.75 Å². The molecule has 1 saturated heterocycles. The lowest BCUT2D eigenvalue weighted by Crippen LogP contribution is -2.55. The van der Waals surface area contributed by atoms with Gasteiger partial charge in [0, 0.05) is 50.1 Å². The van der Waals surface area contributed by atoms with Gasteiger partial charge in [0.1, 0.15) is 24.8 Å². The lowest BCUT2D eigenvalue weighted by Gasteiger charge is -2.39. The molecule has 3 aromatic rings. The monoisotopic (exact) mass is 456 g/mol. The van der Waals surface area contributed by atoms with Gasteiger partial charge in [-0.15, -0.1) is 0 Å². The van der Waals surface area contributed by atoms with Gasteiger partial charge >= 0.3 is 0 Å². The van der Waals surface area contributed by atoms with Gasteiger partial charge in [-0.05, 0) is 30.5 Å². The van der Waals surface area contributed by atoms with Gasteiger partial charge in [-0.25, -0.2) is 9.37 Å². The molecule has 1 fully saturated rings. The summed E-state index contributed by atoms with van der Waals surface area (Å²) in [4.78, 5) is 11.7. The van der Waals surface area contributed by atoms with Crippen LogP contribution in [-0.4, -0.2) is 66.0 Å². The summed E-state index contributed by atoms with van der Waals surface area (Å²) in [5.74, 6) is 1.51. The van der Waals surface area contributed by atoms with Crippen LogP contribution in [0, 0.1) is 0 Å². The number of alkyl halides is 1. The van der Waals surface area contributed by atoms with Crippen LogP contribution in [0.4, 0.5) is 21.7 Å². The molecule has 0 radical (unpaired) electrons. The van der Waals surface area contributed by atoms with Gasteiger partial charge in [-0.1, -0.05) is 13.8 Å². The highest BCUT2D eigenvalue weighted by Crippen LogP contribution is 2.33. The van der Waals surface area contributed by atoms with Crippen LogP contribution in [0.5, 0.6) is 5.75 Å². The first-order chi connectivity index (χ1) is 16.1. The molecule has 1 aliphatic rings. The SMILES string of the molecule is CCC(C)c1nc(Nc2ccc(NC3CN(CCF)C3)cc2OC)nc2c1ccn2COC. The van der Waals surface area contributed by atoms with E-state index in [0.717, 1.165) is 47.6 Å². The Morgan fingerprint density at radius 2 is 2.03 bits per heavy atom. The summed E-state index contributed by atoms with van der Waals surface area (Å²) in [6, 6.07) is 8.30. The Morgan fingerprint density at radius 1 is 1.21 bits per heavy atom. The number of fused-ring (bicyclic) bond motifs is 1. The van der Waals surface area contributed by atoms with Gasteiger partial charge in [-0.2, -0.15) is 4.98 Å². The average molecular weight is 457 g/mol. The van der Waals surface area contributed by atoms with Crippen LogP contribution in [0.15, 0.2) is 30.5 Å². The first kappa shape index (κ1) is 23.3. The Labute approximate surface area is 194 Å². The number of anilines is 3. The summed E-state index contributed by atoms with van der Waals surface area (Å²) >= 11 is 0. The lowest BCUT2D eigenvalue weighted by molar-refractivity contribution is 0.134. The van der Waals surface area contributed by atoms with Crippen molar-refractivity contribution < 1.29 is 13.9 Å². The molecule has 0 amide bonds. The summed E-state index contributed by atoms with van der Waals surface area (Å²) in [5.41, 5.74) is 3.60. The second-order valence-electron chi connectivity index (χ2n) is 8.51. The topological polar surface area (TPSA) is 76.5 Å². The molecule has 9 heteroatoms. The largest absolute Gasteiger partial charge is 0.494 e. The molecule has 1 unspecified atom stereocenters. The number of hydrogen-bond donors (Lipinski definition) is 2. The van der Waals surface area contributed by atoms with Crippen molar-refractivity contribution in [1.82, 2.24) is 19.4 Å². The van der Waals surface area contributed by atoms with E-state index in [2.05, 4.69) is 35.4 Å². The van der Waals surface area contributed by atoms with Crippen LogP contribution in [-0.2, 0) is 11.5 Å². The van der Waals surface area contributed by atoms with Crippen LogP contribution in [0.2, 0.25) is 0 Å². The zero-order valence-corrected chi connectivity index (χ0v) is 19.8. The number of halogens is 1. The predicted molar refractivity (Wildman–Crippen MR) is 129 cm³/mol. The van der Waals surface area contributed by atoms with E-state index >= 15 is 0 Å². The number of nitrogens with one attached hydrogen (secondary N) is 2. The highest BCUT2D eigenvalue weighted by Gasteiger charge is 2.26. The van der Waals surface area contributed by atoms with Crippen LogP contribution in [0.3, 0.4) is 0 Å². The number of ether oxygens (including phenoxy) is 2. The van der Waals surface area contributed by atoms with Crippen LogP contribution < -0.4 is 15.4 Å². The van der Waals surface area contributed by atoms with Gasteiger partial charge in [0.05, 0.1) is 24.5 Å². The molecule has 0 spiro atoms. The van der Waals surface area contributed by atoms with E-state index in [-0.39, 0.29) is 6.67 Å².